The van der Waals surface area contributed by atoms with Gasteiger partial charge in [0, 0.05) is 25.3 Å². The maximum absolute atomic E-state index is 11.7. The minimum absolute atomic E-state index is 0.000556. The number of aliphatic hydroxyl groups is 1. The van der Waals surface area contributed by atoms with Crippen molar-refractivity contribution in [3.63, 3.8) is 0 Å². The number of phenols is 2. The number of carbonyl (C=O) groups excluding carboxylic acids is 1. The summed E-state index contributed by atoms with van der Waals surface area (Å²) in [4.78, 5) is 13.5. The van der Waals surface area contributed by atoms with Crippen LogP contribution in [0.4, 0.5) is 5.69 Å². The van der Waals surface area contributed by atoms with E-state index in [1.807, 2.05) is 18.2 Å². The highest BCUT2D eigenvalue weighted by Gasteiger charge is 2.51. The first-order valence-corrected chi connectivity index (χ1v) is 14.2. The van der Waals surface area contributed by atoms with Gasteiger partial charge in [-0.2, -0.15) is 0 Å². The van der Waals surface area contributed by atoms with Crippen LogP contribution in [0.1, 0.15) is 75.3 Å². The van der Waals surface area contributed by atoms with Gasteiger partial charge in [0.1, 0.15) is 0 Å². The van der Waals surface area contributed by atoms with Crippen molar-refractivity contribution >= 4 is 11.6 Å². The van der Waals surface area contributed by atoms with Crippen LogP contribution in [0.15, 0.2) is 42.5 Å². The van der Waals surface area contributed by atoms with Crippen LogP contribution in [0, 0.1) is 11.8 Å². The molecule has 2 aliphatic carbocycles. The normalized spacial score (nSPS) is 26.0. The van der Waals surface area contributed by atoms with Crippen LogP contribution in [0.2, 0.25) is 0 Å². The standard InChI is InChI=1S/C22H33NO3.C9H12N2O/c1-15(17-7-8-19(24)20(25)13-17)12-21-22(26)10-3-2-4-18(22)9-11-23(21)14-16-5-6-16;1-11-9(12)6-7-3-2-4-8(10)5-7/h7-8,13,15-16,18,21,24-26H,2-6,9-12,14H2,1H3;2-5H,6,10H2,1H3,(H,11,12)/t15-,18?,21-,22?;/m1./s1. The lowest BCUT2D eigenvalue weighted by molar-refractivity contribution is -0.145. The molecule has 1 heterocycles. The number of nitrogen functional groups attached to an aromatic ring is 1. The number of fused-ring (bicyclic) bond motifs is 1. The molecule has 5 rings (SSSR count). The molecular formula is C31H45N3O4. The van der Waals surface area contributed by atoms with Crippen LogP contribution in [0.25, 0.3) is 0 Å². The molecule has 1 amide bonds. The molecule has 2 unspecified atom stereocenters. The Hall–Kier alpha value is -2.77. The fourth-order valence-corrected chi connectivity index (χ4v) is 6.38. The number of likely N-dealkylation sites (tertiary alicyclic amines) is 1. The Labute approximate surface area is 227 Å². The second-order valence-electron chi connectivity index (χ2n) is 11.7. The molecule has 0 spiro atoms. The zero-order chi connectivity index (χ0) is 27.3. The minimum Gasteiger partial charge on any atom is -0.504 e. The van der Waals surface area contributed by atoms with E-state index < -0.39 is 5.60 Å². The van der Waals surface area contributed by atoms with Gasteiger partial charge in [-0.25, -0.2) is 0 Å². The molecule has 0 aromatic heterocycles. The fourth-order valence-electron chi connectivity index (χ4n) is 6.38. The average Bonchev–Trinajstić information content (AvgIpc) is 3.71. The Kier molecular flexibility index (Phi) is 9.21. The smallest absolute Gasteiger partial charge is 0.224 e. The summed E-state index contributed by atoms with van der Waals surface area (Å²) in [6, 6.07) is 12.7. The van der Waals surface area contributed by atoms with Gasteiger partial charge in [-0.15, -0.1) is 0 Å². The number of rotatable bonds is 7. The van der Waals surface area contributed by atoms with E-state index >= 15 is 0 Å². The van der Waals surface area contributed by atoms with E-state index in [1.54, 1.807) is 31.3 Å². The van der Waals surface area contributed by atoms with Crippen molar-refractivity contribution in [1.29, 1.82) is 0 Å². The highest BCUT2D eigenvalue weighted by atomic mass is 16.3. The first-order valence-electron chi connectivity index (χ1n) is 14.2. The van der Waals surface area contributed by atoms with Crippen LogP contribution >= 0.6 is 0 Å². The third-order valence-electron chi connectivity index (χ3n) is 8.80. The van der Waals surface area contributed by atoms with Gasteiger partial charge >= 0.3 is 0 Å². The van der Waals surface area contributed by atoms with E-state index in [1.165, 1.54) is 25.7 Å². The molecule has 2 saturated carbocycles. The molecule has 1 saturated heterocycles. The summed E-state index contributed by atoms with van der Waals surface area (Å²) in [5.41, 5.74) is 7.65. The molecule has 0 radical (unpaired) electrons. The number of phenolic OH excluding ortho intramolecular Hbond substituents is 2. The highest BCUT2D eigenvalue weighted by molar-refractivity contribution is 5.78. The van der Waals surface area contributed by atoms with Crippen molar-refractivity contribution in [3.05, 3.63) is 53.6 Å². The third kappa shape index (κ3) is 7.00. The lowest BCUT2D eigenvalue weighted by Crippen LogP contribution is -2.63. The van der Waals surface area contributed by atoms with E-state index in [2.05, 4.69) is 17.1 Å². The average molecular weight is 524 g/mol. The lowest BCUT2D eigenvalue weighted by atomic mass is 9.65. The zero-order valence-corrected chi connectivity index (χ0v) is 22.9. The Morgan fingerprint density at radius 3 is 2.58 bits per heavy atom. The first-order chi connectivity index (χ1) is 18.2. The predicted octanol–water partition coefficient (Wildman–Crippen LogP) is 4.55. The van der Waals surface area contributed by atoms with E-state index in [9.17, 15) is 20.1 Å². The molecule has 208 valence electrons. The number of nitrogens with zero attached hydrogens (tertiary/aromatic N) is 1. The summed E-state index contributed by atoms with van der Waals surface area (Å²) in [7, 11) is 1.62. The molecule has 3 fully saturated rings. The topological polar surface area (TPSA) is 119 Å². The maximum Gasteiger partial charge on any atom is 0.224 e. The second-order valence-corrected chi connectivity index (χ2v) is 11.7. The molecule has 1 aliphatic heterocycles. The number of amides is 1. The number of aromatic hydroxyl groups is 2. The fraction of sp³-hybridized carbons (Fsp3) is 0.581. The summed E-state index contributed by atoms with van der Waals surface area (Å²) in [6.07, 6.45) is 9.59. The Morgan fingerprint density at radius 2 is 1.89 bits per heavy atom. The van der Waals surface area contributed by atoms with Crippen LogP contribution < -0.4 is 11.1 Å². The van der Waals surface area contributed by atoms with E-state index in [-0.39, 0.29) is 29.4 Å². The number of benzene rings is 2. The third-order valence-corrected chi connectivity index (χ3v) is 8.80. The maximum atomic E-state index is 11.7. The molecule has 6 N–H and O–H groups in total. The Morgan fingerprint density at radius 1 is 1.11 bits per heavy atom. The number of nitrogens with two attached hydrogens (primary N) is 1. The number of nitrogens with one attached hydrogen (secondary N) is 1. The minimum atomic E-state index is -0.557. The molecule has 7 heteroatoms. The Balaban J connectivity index is 0.000000236. The van der Waals surface area contributed by atoms with Gasteiger partial charge in [0.25, 0.3) is 0 Å². The first kappa shape index (κ1) is 28.2. The van der Waals surface area contributed by atoms with Gasteiger partial charge in [-0.05, 0) is 98.2 Å². The van der Waals surface area contributed by atoms with Gasteiger partial charge in [-0.1, -0.05) is 38.0 Å². The van der Waals surface area contributed by atoms with Crippen LogP contribution in [0.5, 0.6) is 11.5 Å². The number of anilines is 1. The van der Waals surface area contributed by atoms with Crippen molar-refractivity contribution in [2.45, 2.75) is 82.3 Å². The number of hydrogen-bond donors (Lipinski definition) is 5. The predicted molar refractivity (Wildman–Crippen MR) is 151 cm³/mol. The van der Waals surface area contributed by atoms with Crippen LogP contribution in [-0.4, -0.2) is 57.9 Å². The summed E-state index contributed by atoms with van der Waals surface area (Å²) in [6.45, 7) is 4.42. The summed E-state index contributed by atoms with van der Waals surface area (Å²) in [5, 5.41) is 33.7. The molecular weight excluding hydrogens is 478 g/mol. The molecule has 4 atom stereocenters. The molecule has 2 aromatic rings. The summed E-state index contributed by atoms with van der Waals surface area (Å²) < 4.78 is 0. The largest absolute Gasteiger partial charge is 0.504 e. The van der Waals surface area contributed by atoms with E-state index in [4.69, 9.17) is 5.73 Å². The monoisotopic (exact) mass is 523 g/mol. The van der Waals surface area contributed by atoms with Crippen molar-refractivity contribution in [2.24, 2.45) is 11.8 Å². The van der Waals surface area contributed by atoms with Gasteiger partial charge in [-0.3, -0.25) is 9.69 Å². The number of carbonyl (C=O) groups is 1. The zero-order valence-electron chi connectivity index (χ0n) is 22.9. The quantitative estimate of drug-likeness (QED) is 0.268. The SMILES string of the molecule is CNC(=O)Cc1cccc(N)c1.C[C@H](C[C@H]1N(CC2CC2)CCC2CCCCC21O)c1ccc(O)c(O)c1. The molecule has 3 aliphatic rings. The number of hydrogen-bond acceptors (Lipinski definition) is 6. The second kappa shape index (κ2) is 12.4. The molecule has 2 aromatic carbocycles. The van der Waals surface area contributed by atoms with Crippen LogP contribution in [-0.2, 0) is 11.2 Å². The van der Waals surface area contributed by atoms with Gasteiger partial charge in [0.2, 0.25) is 5.91 Å². The number of likely N-dealkylation sites (N-methyl/N-ethyl adjacent to an activating group) is 1. The van der Waals surface area contributed by atoms with Crippen molar-refractivity contribution in [2.75, 3.05) is 25.9 Å². The van der Waals surface area contributed by atoms with Crippen molar-refractivity contribution < 1.29 is 20.1 Å². The van der Waals surface area contributed by atoms with Gasteiger partial charge < -0.3 is 26.4 Å². The van der Waals surface area contributed by atoms with E-state index in [0.29, 0.717) is 18.0 Å². The molecule has 7 nitrogen and oxygen atoms in total. The highest BCUT2D eigenvalue weighted by Crippen LogP contribution is 2.47. The summed E-state index contributed by atoms with van der Waals surface area (Å²) in [5.74, 6) is 1.38. The van der Waals surface area contributed by atoms with E-state index in [0.717, 1.165) is 55.8 Å². The molecule has 0 bridgehead atoms. The van der Waals surface area contributed by atoms with Gasteiger partial charge in [0.15, 0.2) is 11.5 Å². The number of piperidine rings is 1. The van der Waals surface area contributed by atoms with Crippen molar-refractivity contribution in [1.82, 2.24) is 10.2 Å². The van der Waals surface area contributed by atoms with Gasteiger partial charge in [0.05, 0.1) is 12.0 Å². The Bertz CT molecular complexity index is 1090. The lowest BCUT2D eigenvalue weighted by Gasteiger charge is -2.54. The summed E-state index contributed by atoms with van der Waals surface area (Å²) >= 11 is 0. The van der Waals surface area contributed by atoms with Crippen LogP contribution in [0.3, 0.4) is 0 Å². The van der Waals surface area contributed by atoms with Crippen molar-refractivity contribution in [3.8, 4) is 11.5 Å². The molecule has 38 heavy (non-hydrogen) atoms.